The molecule has 0 unspecified atom stereocenters. The quantitative estimate of drug-likeness (QED) is 0.750. The van der Waals surface area contributed by atoms with Crippen molar-refractivity contribution in [3.63, 3.8) is 0 Å². The van der Waals surface area contributed by atoms with Crippen molar-refractivity contribution in [1.82, 2.24) is 4.98 Å². The van der Waals surface area contributed by atoms with E-state index in [1.54, 1.807) is 0 Å². The van der Waals surface area contributed by atoms with Crippen LogP contribution in [0.3, 0.4) is 0 Å². The van der Waals surface area contributed by atoms with Crippen LogP contribution in [-0.4, -0.2) is 10.9 Å². The van der Waals surface area contributed by atoms with Crippen molar-refractivity contribution in [3.8, 4) is 0 Å². The fourth-order valence-electron chi connectivity index (χ4n) is 1.02. The van der Waals surface area contributed by atoms with Gasteiger partial charge in [-0.3, -0.25) is 4.79 Å². The van der Waals surface area contributed by atoms with Gasteiger partial charge in [0.05, 0.1) is 6.20 Å². The average Bonchev–Trinajstić information content (AvgIpc) is 2.91. The van der Waals surface area contributed by atoms with Gasteiger partial charge in [0.1, 0.15) is 11.6 Å². The lowest BCUT2D eigenvalue weighted by Crippen LogP contribution is -2.14. The maximum Gasteiger partial charge on any atom is 0.228 e. The smallest absolute Gasteiger partial charge is 0.228 e. The molecule has 0 spiro atoms. The Morgan fingerprint density at radius 3 is 2.85 bits per heavy atom. The molecular weight excluding hydrogens is 171 g/mol. The first kappa shape index (κ1) is 8.16. The Kier molecular flexibility index (Phi) is 1.96. The number of hydrogen-bond acceptors (Lipinski definition) is 2. The SMILES string of the molecule is O=C(Nc1ccc(F)cn1)C1CC1. The van der Waals surface area contributed by atoms with Crippen molar-refractivity contribution in [2.24, 2.45) is 5.92 Å². The van der Waals surface area contributed by atoms with Crippen molar-refractivity contribution < 1.29 is 9.18 Å². The topological polar surface area (TPSA) is 42.0 Å². The molecule has 3 nitrogen and oxygen atoms in total. The van der Waals surface area contributed by atoms with Gasteiger partial charge in [0.15, 0.2) is 0 Å². The molecule has 1 N–H and O–H groups in total. The van der Waals surface area contributed by atoms with Crippen molar-refractivity contribution in [1.29, 1.82) is 0 Å². The minimum atomic E-state index is -0.399. The zero-order valence-corrected chi connectivity index (χ0v) is 6.96. The van der Waals surface area contributed by atoms with Crippen LogP contribution in [0, 0.1) is 11.7 Å². The molecule has 0 aromatic carbocycles. The summed E-state index contributed by atoms with van der Waals surface area (Å²) in [4.78, 5) is 14.9. The second-order valence-electron chi connectivity index (χ2n) is 3.13. The van der Waals surface area contributed by atoms with Gasteiger partial charge in [0.2, 0.25) is 5.91 Å². The van der Waals surface area contributed by atoms with Crippen LogP contribution in [0.5, 0.6) is 0 Å². The van der Waals surface area contributed by atoms with Crippen LogP contribution >= 0.6 is 0 Å². The number of halogens is 1. The van der Waals surface area contributed by atoms with Gasteiger partial charge >= 0.3 is 0 Å². The minimum Gasteiger partial charge on any atom is -0.310 e. The van der Waals surface area contributed by atoms with Gasteiger partial charge in [0.25, 0.3) is 0 Å². The molecule has 13 heavy (non-hydrogen) atoms. The average molecular weight is 180 g/mol. The number of carbonyl (C=O) groups excluding carboxylic acids is 1. The Labute approximate surface area is 75.0 Å². The summed E-state index contributed by atoms with van der Waals surface area (Å²) in [6, 6.07) is 2.73. The lowest BCUT2D eigenvalue weighted by atomic mass is 10.4. The molecule has 1 saturated carbocycles. The van der Waals surface area contributed by atoms with Gasteiger partial charge in [0, 0.05) is 5.92 Å². The van der Waals surface area contributed by atoms with Gasteiger partial charge < -0.3 is 5.32 Å². The van der Waals surface area contributed by atoms with Gasteiger partial charge in [-0.05, 0) is 25.0 Å². The fraction of sp³-hybridized carbons (Fsp3) is 0.333. The number of hydrogen-bond donors (Lipinski definition) is 1. The summed E-state index contributed by atoms with van der Waals surface area (Å²) < 4.78 is 12.4. The van der Waals surface area contributed by atoms with E-state index in [0.29, 0.717) is 5.82 Å². The summed E-state index contributed by atoms with van der Waals surface area (Å²) in [5.41, 5.74) is 0. The van der Waals surface area contributed by atoms with E-state index in [1.165, 1.54) is 12.1 Å². The van der Waals surface area contributed by atoms with Crippen LogP contribution in [-0.2, 0) is 4.79 Å². The molecular formula is C9H9FN2O. The number of amides is 1. The zero-order chi connectivity index (χ0) is 9.26. The van der Waals surface area contributed by atoms with Crippen molar-refractivity contribution in [2.45, 2.75) is 12.8 Å². The van der Waals surface area contributed by atoms with E-state index in [9.17, 15) is 9.18 Å². The van der Waals surface area contributed by atoms with E-state index in [-0.39, 0.29) is 11.8 Å². The monoisotopic (exact) mass is 180 g/mol. The maximum absolute atomic E-state index is 12.4. The van der Waals surface area contributed by atoms with Crippen LogP contribution in [0.4, 0.5) is 10.2 Å². The van der Waals surface area contributed by atoms with Crippen LogP contribution in [0.2, 0.25) is 0 Å². The Hall–Kier alpha value is -1.45. The van der Waals surface area contributed by atoms with E-state index in [1.807, 2.05) is 0 Å². The summed E-state index contributed by atoms with van der Waals surface area (Å²) in [5.74, 6) is 0.147. The van der Waals surface area contributed by atoms with Crippen molar-refractivity contribution in [3.05, 3.63) is 24.1 Å². The zero-order valence-electron chi connectivity index (χ0n) is 6.96. The van der Waals surface area contributed by atoms with E-state index in [0.717, 1.165) is 19.0 Å². The molecule has 4 heteroatoms. The first-order chi connectivity index (χ1) is 6.25. The highest BCUT2D eigenvalue weighted by atomic mass is 19.1. The second kappa shape index (κ2) is 3.12. The predicted octanol–water partition coefficient (Wildman–Crippen LogP) is 1.57. The molecule has 1 heterocycles. The van der Waals surface area contributed by atoms with Crippen LogP contribution < -0.4 is 5.32 Å². The highest BCUT2D eigenvalue weighted by Crippen LogP contribution is 2.29. The third-order valence-electron chi connectivity index (χ3n) is 1.93. The second-order valence-corrected chi connectivity index (χ2v) is 3.13. The highest BCUT2D eigenvalue weighted by molar-refractivity contribution is 5.93. The van der Waals surface area contributed by atoms with Gasteiger partial charge in [-0.1, -0.05) is 0 Å². The van der Waals surface area contributed by atoms with Gasteiger partial charge in [-0.2, -0.15) is 0 Å². The molecule has 1 aliphatic carbocycles. The van der Waals surface area contributed by atoms with Crippen molar-refractivity contribution in [2.75, 3.05) is 5.32 Å². The van der Waals surface area contributed by atoms with Gasteiger partial charge in [-0.15, -0.1) is 0 Å². The molecule has 1 amide bonds. The Bertz CT molecular complexity index is 319. The molecule has 0 saturated heterocycles. The lowest BCUT2D eigenvalue weighted by molar-refractivity contribution is -0.117. The molecule has 68 valence electrons. The summed E-state index contributed by atoms with van der Waals surface area (Å²) in [6.07, 6.45) is 2.99. The standard InChI is InChI=1S/C9H9FN2O/c10-7-3-4-8(11-5-7)12-9(13)6-1-2-6/h3-6H,1-2H2,(H,11,12,13). The Morgan fingerprint density at radius 1 is 1.54 bits per heavy atom. The summed E-state index contributed by atoms with van der Waals surface area (Å²) in [7, 11) is 0. The molecule has 0 bridgehead atoms. The molecule has 1 fully saturated rings. The molecule has 1 aliphatic rings. The van der Waals surface area contributed by atoms with Crippen molar-refractivity contribution >= 4 is 11.7 Å². The third kappa shape index (κ3) is 2.02. The fourth-order valence-corrected chi connectivity index (χ4v) is 1.02. The largest absolute Gasteiger partial charge is 0.310 e. The lowest BCUT2D eigenvalue weighted by Gasteiger charge is -2.01. The molecule has 0 radical (unpaired) electrons. The number of rotatable bonds is 2. The van der Waals surface area contributed by atoms with Crippen LogP contribution in [0.1, 0.15) is 12.8 Å². The maximum atomic E-state index is 12.4. The number of nitrogens with zero attached hydrogens (tertiary/aromatic N) is 1. The van der Waals surface area contributed by atoms with E-state index >= 15 is 0 Å². The Balaban J connectivity index is 2.00. The first-order valence-corrected chi connectivity index (χ1v) is 4.18. The predicted molar refractivity (Wildman–Crippen MR) is 45.5 cm³/mol. The summed E-state index contributed by atoms with van der Waals surface area (Å²) >= 11 is 0. The third-order valence-corrected chi connectivity index (χ3v) is 1.93. The molecule has 0 atom stereocenters. The van der Waals surface area contributed by atoms with E-state index in [4.69, 9.17) is 0 Å². The normalized spacial score (nSPS) is 15.5. The number of anilines is 1. The Morgan fingerprint density at radius 2 is 2.31 bits per heavy atom. The highest BCUT2D eigenvalue weighted by Gasteiger charge is 2.29. The molecule has 2 rings (SSSR count). The number of pyridine rings is 1. The number of nitrogens with one attached hydrogen (secondary N) is 1. The first-order valence-electron chi connectivity index (χ1n) is 4.18. The minimum absolute atomic E-state index is 0.0147. The van der Waals surface area contributed by atoms with Gasteiger partial charge in [-0.25, -0.2) is 9.37 Å². The number of aromatic nitrogens is 1. The van der Waals surface area contributed by atoms with Crippen LogP contribution in [0.15, 0.2) is 18.3 Å². The molecule has 1 aromatic rings. The summed E-state index contributed by atoms with van der Waals surface area (Å²) in [6.45, 7) is 0. The van der Waals surface area contributed by atoms with E-state index < -0.39 is 5.82 Å². The van der Waals surface area contributed by atoms with Crippen LogP contribution in [0.25, 0.3) is 0 Å². The molecule has 1 aromatic heterocycles. The number of carbonyl (C=O) groups is 1. The van der Waals surface area contributed by atoms with E-state index in [2.05, 4.69) is 10.3 Å². The summed E-state index contributed by atoms with van der Waals surface area (Å²) in [5, 5.41) is 2.61. The molecule has 0 aliphatic heterocycles.